The molecule has 18 nitrogen and oxygen atoms in total. The molecule has 2 aliphatic rings. The average Bonchev–Trinajstić information content (AvgIpc) is 3.71. The van der Waals surface area contributed by atoms with Gasteiger partial charge in [-0.2, -0.15) is 0 Å². The molecular formula is C45H48N2O16S. The van der Waals surface area contributed by atoms with E-state index in [-0.39, 0.29) is 41.4 Å². The van der Waals surface area contributed by atoms with Gasteiger partial charge in [-0.15, -0.1) is 0 Å². The van der Waals surface area contributed by atoms with Gasteiger partial charge in [0.05, 0.1) is 48.8 Å². The average molecular weight is 905 g/mol. The number of hydrogen-bond acceptors (Lipinski definition) is 17. The van der Waals surface area contributed by atoms with Crippen LogP contribution < -0.4 is 20.0 Å². The normalized spacial score (nSPS) is 23.1. The topological polar surface area (TPSA) is 233 Å². The molecule has 6 rings (SSSR count). The molecule has 64 heavy (non-hydrogen) atoms. The fourth-order valence-corrected chi connectivity index (χ4v) is 8.93. The minimum absolute atomic E-state index is 0.0282. The van der Waals surface area contributed by atoms with Crippen LogP contribution in [0.1, 0.15) is 63.8 Å². The molecule has 6 atom stereocenters. The van der Waals surface area contributed by atoms with Crippen molar-refractivity contribution >= 4 is 33.8 Å². The van der Waals surface area contributed by atoms with Crippen molar-refractivity contribution < 1.29 is 69.9 Å². The van der Waals surface area contributed by atoms with Crippen molar-refractivity contribution in [2.45, 2.75) is 106 Å². The molecule has 2 aromatic carbocycles. The molecule has 4 aromatic rings. The molecule has 0 radical (unpaired) electrons. The van der Waals surface area contributed by atoms with Crippen molar-refractivity contribution in [3.8, 4) is 17.4 Å². The second-order valence-electron chi connectivity index (χ2n) is 15.2. The Labute approximate surface area is 368 Å². The number of carbonyl (C=O) groups excluding carboxylic acids is 3. The predicted octanol–water partition coefficient (Wildman–Crippen LogP) is 5.46. The van der Waals surface area contributed by atoms with Gasteiger partial charge in [-0.1, -0.05) is 67.6 Å². The lowest BCUT2D eigenvalue weighted by Crippen LogP contribution is -2.66. The number of fused-ring (bicyclic) bond motifs is 2. The Morgan fingerprint density at radius 3 is 2.33 bits per heavy atom. The van der Waals surface area contributed by atoms with Gasteiger partial charge in [0.2, 0.25) is 0 Å². The van der Waals surface area contributed by atoms with Gasteiger partial charge in [0.15, 0.2) is 12.2 Å². The number of aromatic nitrogens is 2. The standard InChI is InChI=1S/C45H48N2O16S/c1-7-36-44(4)43(57-29(3)48)45(5,62-36)40(34(61-44)18-14-9-8-13-17-33-28(2)35(55-6)27-39(51)59-33)60-38(50)24-23-37(49)56-26-25-30-19-21-31(22-20-30)58-41-42(47(52)63-46-41)64(53,54)32-15-11-10-12-16-32/h8-22,27,34,36,40,43H,7,23-26H2,1-6H3/b9-8+,17-13+,18-14+/t34-,36+,40+,43+,44-,45+/m0/s1. The third-order valence-corrected chi connectivity index (χ3v) is 12.4. The molecule has 0 saturated carbocycles. The van der Waals surface area contributed by atoms with Gasteiger partial charge in [0, 0.05) is 18.9 Å². The zero-order valence-electron chi connectivity index (χ0n) is 35.9. The van der Waals surface area contributed by atoms with E-state index in [0.717, 1.165) is 5.56 Å². The Balaban J connectivity index is 1.05. The van der Waals surface area contributed by atoms with Gasteiger partial charge in [0.1, 0.15) is 34.6 Å². The largest absolute Gasteiger partial charge is 0.496 e. The summed E-state index contributed by atoms with van der Waals surface area (Å²) in [6, 6.07) is 14.9. The van der Waals surface area contributed by atoms with Gasteiger partial charge < -0.3 is 42.8 Å². The Bertz CT molecular complexity index is 2580. The van der Waals surface area contributed by atoms with Crippen LogP contribution in [0.15, 0.2) is 115 Å². The van der Waals surface area contributed by atoms with E-state index in [1.165, 1.54) is 56.5 Å². The Morgan fingerprint density at radius 1 is 0.938 bits per heavy atom. The lowest BCUT2D eigenvalue weighted by atomic mass is 9.77. The maximum atomic E-state index is 13.4. The van der Waals surface area contributed by atoms with Crippen LogP contribution in [0.2, 0.25) is 0 Å². The number of carbonyl (C=O) groups is 3. The molecule has 4 heterocycles. The van der Waals surface area contributed by atoms with Crippen molar-refractivity contribution in [1.82, 2.24) is 5.16 Å². The number of nitrogens with zero attached hydrogens (tertiary/aromatic N) is 2. The summed E-state index contributed by atoms with van der Waals surface area (Å²) in [5.74, 6) is -1.61. The second kappa shape index (κ2) is 19.9. The molecule has 19 heteroatoms. The molecule has 2 saturated heterocycles. The molecule has 2 bridgehead atoms. The number of rotatable bonds is 18. The smallest absolute Gasteiger partial charge is 0.420 e. The summed E-state index contributed by atoms with van der Waals surface area (Å²) in [7, 11) is -2.85. The Hall–Kier alpha value is -6.57. The molecular weight excluding hydrogens is 857 g/mol. The summed E-state index contributed by atoms with van der Waals surface area (Å²) in [5.41, 5.74) is -1.60. The van der Waals surface area contributed by atoms with Crippen molar-refractivity contribution in [2.75, 3.05) is 13.7 Å². The number of ether oxygens (including phenoxy) is 7. The Morgan fingerprint density at radius 2 is 1.64 bits per heavy atom. The van der Waals surface area contributed by atoms with Gasteiger partial charge in [-0.3, -0.25) is 19.0 Å². The fraction of sp³-hybridized carbons (Fsp3) is 0.378. The summed E-state index contributed by atoms with van der Waals surface area (Å²) in [6.45, 7) is 8.40. The molecule has 0 aliphatic carbocycles. The molecule has 2 aliphatic heterocycles. The number of methoxy groups -OCH3 is 1. The van der Waals surface area contributed by atoms with Crippen LogP contribution in [0, 0.1) is 12.1 Å². The van der Waals surface area contributed by atoms with Crippen LogP contribution >= 0.6 is 0 Å². The number of esters is 3. The van der Waals surface area contributed by atoms with E-state index in [2.05, 4.69) is 9.79 Å². The summed E-state index contributed by atoms with van der Waals surface area (Å²) in [6.07, 6.45) is 6.81. The summed E-state index contributed by atoms with van der Waals surface area (Å²) >= 11 is 0. The monoisotopic (exact) mass is 904 g/mol. The first-order valence-corrected chi connectivity index (χ1v) is 21.7. The maximum absolute atomic E-state index is 13.4. The molecule has 0 unspecified atom stereocenters. The number of benzene rings is 2. The highest BCUT2D eigenvalue weighted by Gasteiger charge is 2.71. The summed E-state index contributed by atoms with van der Waals surface area (Å²) in [4.78, 5) is 49.9. The number of allylic oxidation sites excluding steroid dienone is 4. The van der Waals surface area contributed by atoms with Gasteiger partial charge >= 0.3 is 34.4 Å². The minimum atomic E-state index is -4.31. The van der Waals surface area contributed by atoms with Crippen LogP contribution in [0.5, 0.6) is 17.4 Å². The Kier molecular flexibility index (Phi) is 14.6. The van der Waals surface area contributed by atoms with Gasteiger partial charge in [-0.05, 0) is 68.0 Å². The van der Waals surface area contributed by atoms with E-state index in [9.17, 15) is 32.8 Å². The highest BCUT2D eigenvalue weighted by atomic mass is 32.2. The van der Waals surface area contributed by atoms with E-state index >= 15 is 0 Å². The third kappa shape index (κ3) is 10.3. The molecule has 340 valence electrons. The van der Waals surface area contributed by atoms with Crippen molar-refractivity contribution in [2.24, 2.45) is 0 Å². The second-order valence-corrected chi connectivity index (χ2v) is 17.1. The van der Waals surface area contributed by atoms with E-state index in [1.807, 2.05) is 6.92 Å². The van der Waals surface area contributed by atoms with Crippen LogP contribution in [-0.4, -0.2) is 80.8 Å². The highest BCUT2D eigenvalue weighted by molar-refractivity contribution is 7.91. The first-order valence-electron chi connectivity index (χ1n) is 20.2. The van der Waals surface area contributed by atoms with Crippen LogP contribution in [0.3, 0.4) is 0 Å². The van der Waals surface area contributed by atoms with E-state index in [1.54, 1.807) is 75.4 Å². The minimum Gasteiger partial charge on any atom is -0.496 e. The van der Waals surface area contributed by atoms with Crippen LogP contribution in [-0.2, 0) is 54.3 Å². The predicted molar refractivity (Wildman–Crippen MR) is 224 cm³/mol. The highest BCUT2D eigenvalue weighted by Crippen LogP contribution is 2.52. The molecule has 0 N–H and O–H groups in total. The quantitative estimate of drug-likeness (QED) is 0.0522. The molecule has 2 fully saturated rings. The zero-order valence-corrected chi connectivity index (χ0v) is 36.7. The van der Waals surface area contributed by atoms with Gasteiger partial charge in [0.25, 0.3) is 9.84 Å². The molecule has 0 spiro atoms. The van der Waals surface area contributed by atoms with Crippen LogP contribution in [0.25, 0.3) is 6.08 Å². The van der Waals surface area contributed by atoms with E-state index in [4.69, 9.17) is 37.6 Å². The lowest BCUT2D eigenvalue weighted by Gasteiger charge is -2.48. The molecule has 2 aromatic heterocycles. The van der Waals surface area contributed by atoms with Gasteiger partial charge in [-0.25, -0.2) is 13.2 Å². The number of hydrogen-bond donors (Lipinski definition) is 0. The first-order chi connectivity index (χ1) is 30.5. The number of sulfone groups is 1. The summed E-state index contributed by atoms with van der Waals surface area (Å²) < 4.78 is 76.9. The van der Waals surface area contributed by atoms with Crippen LogP contribution in [0.4, 0.5) is 0 Å². The fourth-order valence-electron chi connectivity index (χ4n) is 7.65. The van der Waals surface area contributed by atoms with E-state index in [0.29, 0.717) is 23.5 Å². The SMILES string of the molecule is CC[C@H]1O[C@@]2(C)[C@H](OC(C)=O)[C@@]1(C)O[C@@H](/C=C/C=C/C=C/c1oc(=O)cc(OC)c1C)[C@H]2OC(=O)CCC(=O)OCCc1ccc(Oc2no[n+]([O-])c2S(=O)(=O)c2ccccc2)cc1. The third-order valence-electron chi connectivity index (χ3n) is 10.7. The van der Waals surface area contributed by atoms with Crippen molar-refractivity contribution in [1.29, 1.82) is 0 Å². The van der Waals surface area contributed by atoms with E-state index < -0.39 is 79.9 Å². The van der Waals surface area contributed by atoms with Crippen molar-refractivity contribution in [3.05, 3.63) is 124 Å². The first kappa shape index (κ1) is 46.9. The van der Waals surface area contributed by atoms with Crippen molar-refractivity contribution in [3.63, 3.8) is 0 Å². The molecule has 0 amide bonds. The zero-order chi connectivity index (χ0) is 46.2. The summed E-state index contributed by atoms with van der Waals surface area (Å²) in [5, 5.41) is 14.9. The lowest BCUT2D eigenvalue weighted by molar-refractivity contribution is -0.832. The maximum Gasteiger partial charge on any atom is 0.420 e.